The number of benzene rings is 2. The van der Waals surface area contributed by atoms with Gasteiger partial charge in [-0.1, -0.05) is 84.0 Å². The van der Waals surface area contributed by atoms with E-state index < -0.39 is 5.92 Å². The van der Waals surface area contributed by atoms with Gasteiger partial charge in [-0.2, -0.15) is 0 Å². The van der Waals surface area contributed by atoms with Crippen molar-refractivity contribution >= 4 is 23.1 Å². The van der Waals surface area contributed by atoms with Crippen molar-refractivity contribution in [1.82, 2.24) is 0 Å². The van der Waals surface area contributed by atoms with Crippen LogP contribution in [0.15, 0.2) is 60.3 Å². The van der Waals surface area contributed by atoms with Crippen molar-refractivity contribution in [1.29, 1.82) is 0 Å². The molecule has 0 radical (unpaired) electrons. The molecule has 2 aromatic rings. The van der Waals surface area contributed by atoms with Gasteiger partial charge in [0, 0.05) is 18.5 Å². The zero-order valence-corrected chi connectivity index (χ0v) is 20.0. The molecule has 0 fully saturated rings. The Bertz CT molecular complexity index is 1070. The highest BCUT2D eigenvalue weighted by Gasteiger charge is 2.45. The molecule has 0 saturated carbocycles. The summed E-state index contributed by atoms with van der Waals surface area (Å²) >= 11 is 0. The number of carbonyl (C=O) groups is 2. The van der Waals surface area contributed by atoms with Gasteiger partial charge in [-0.25, -0.2) is 0 Å². The number of hydrogen-bond donors (Lipinski definition) is 1. The normalized spacial score (nSPS) is 22.2. The Balaban J connectivity index is 1.96. The van der Waals surface area contributed by atoms with Gasteiger partial charge < -0.3 is 10.2 Å². The number of ketones is 1. The SMILES string of the molecule is CCC(=O)N1c2ccccc2NC2=CC(C)(C)CC(=O)[C@H]2[C@H]1c1ccc(C(C)(C)C)cc1. The number of nitrogens with zero attached hydrogens (tertiary/aromatic N) is 1. The van der Waals surface area contributed by atoms with Crippen LogP contribution < -0.4 is 10.2 Å². The summed E-state index contributed by atoms with van der Waals surface area (Å²) in [6, 6.07) is 15.9. The van der Waals surface area contributed by atoms with Crippen LogP contribution in [0, 0.1) is 11.3 Å². The Morgan fingerprint density at radius 2 is 1.75 bits per heavy atom. The van der Waals surface area contributed by atoms with Gasteiger partial charge in [0.25, 0.3) is 0 Å². The second-order valence-electron chi connectivity index (χ2n) is 10.8. The average Bonchev–Trinajstić information content (AvgIpc) is 2.86. The molecular formula is C28H34N2O2. The van der Waals surface area contributed by atoms with E-state index in [0.29, 0.717) is 12.8 Å². The molecule has 0 bridgehead atoms. The van der Waals surface area contributed by atoms with Gasteiger partial charge in [0.2, 0.25) is 5.91 Å². The molecule has 0 spiro atoms. The molecule has 0 aromatic heterocycles. The minimum Gasteiger partial charge on any atom is -0.357 e. The molecule has 1 amide bonds. The third kappa shape index (κ3) is 3.99. The first-order chi connectivity index (χ1) is 15.0. The third-order valence-corrected chi connectivity index (χ3v) is 6.58. The fourth-order valence-corrected chi connectivity index (χ4v) is 4.98. The third-order valence-electron chi connectivity index (χ3n) is 6.58. The van der Waals surface area contributed by atoms with Crippen molar-refractivity contribution in [3.63, 3.8) is 0 Å². The summed E-state index contributed by atoms with van der Waals surface area (Å²) in [7, 11) is 0. The summed E-state index contributed by atoms with van der Waals surface area (Å²) in [4.78, 5) is 28.8. The number of para-hydroxylation sites is 2. The molecule has 2 aromatic carbocycles. The molecule has 2 atom stereocenters. The fourth-order valence-electron chi connectivity index (χ4n) is 4.98. The number of hydrogen-bond acceptors (Lipinski definition) is 3. The molecule has 1 aliphatic heterocycles. The van der Waals surface area contributed by atoms with Crippen molar-refractivity contribution in [2.24, 2.45) is 11.3 Å². The summed E-state index contributed by atoms with van der Waals surface area (Å²) in [6.07, 6.45) is 3.02. The van der Waals surface area contributed by atoms with Gasteiger partial charge in [-0.15, -0.1) is 0 Å². The van der Waals surface area contributed by atoms with Crippen molar-refractivity contribution < 1.29 is 9.59 Å². The molecule has 0 unspecified atom stereocenters. The summed E-state index contributed by atoms with van der Waals surface area (Å²) in [5.41, 5.74) is 4.61. The second-order valence-corrected chi connectivity index (χ2v) is 10.8. The van der Waals surface area contributed by atoms with Crippen molar-refractivity contribution in [2.45, 2.75) is 65.8 Å². The van der Waals surface area contributed by atoms with Gasteiger partial charge in [-0.3, -0.25) is 9.59 Å². The van der Waals surface area contributed by atoms with Crippen LogP contribution in [0.5, 0.6) is 0 Å². The highest BCUT2D eigenvalue weighted by atomic mass is 16.2. The van der Waals surface area contributed by atoms with E-state index in [1.807, 2.05) is 36.1 Å². The van der Waals surface area contributed by atoms with E-state index in [4.69, 9.17) is 0 Å². The van der Waals surface area contributed by atoms with Crippen LogP contribution in [0.1, 0.15) is 71.6 Å². The highest BCUT2D eigenvalue weighted by Crippen LogP contribution is 2.48. The van der Waals surface area contributed by atoms with E-state index in [2.05, 4.69) is 70.3 Å². The van der Waals surface area contributed by atoms with Gasteiger partial charge in [0.15, 0.2) is 0 Å². The van der Waals surface area contributed by atoms with Crippen LogP contribution in [0.25, 0.3) is 0 Å². The molecule has 0 saturated heterocycles. The standard InChI is InChI=1S/C28H34N2O2/c1-7-24(32)30-22-11-9-8-10-20(22)29-21-16-28(5,6)17-23(31)25(21)26(30)18-12-14-19(15-13-18)27(2,3)4/h8-16,25-26,29H,7,17H2,1-6H3/t25-,26+/m0/s1. The molecule has 1 aliphatic carbocycles. The largest absolute Gasteiger partial charge is 0.357 e. The molecule has 168 valence electrons. The van der Waals surface area contributed by atoms with Gasteiger partial charge in [-0.05, 0) is 34.1 Å². The van der Waals surface area contributed by atoms with Crippen molar-refractivity contribution in [2.75, 3.05) is 10.2 Å². The predicted molar refractivity (Wildman–Crippen MR) is 131 cm³/mol. The van der Waals surface area contributed by atoms with E-state index in [-0.39, 0.29) is 28.6 Å². The second kappa shape index (κ2) is 7.91. The number of fused-ring (bicyclic) bond motifs is 2. The Morgan fingerprint density at radius 1 is 1.09 bits per heavy atom. The van der Waals surface area contributed by atoms with E-state index >= 15 is 0 Å². The smallest absolute Gasteiger partial charge is 0.227 e. The van der Waals surface area contributed by atoms with Gasteiger partial charge in [0.05, 0.1) is 23.3 Å². The van der Waals surface area contributed by atoms with Crippen LogP contribution >= 0.6 is 0 Å². The monoisotopic (exact) mass is 430 g/mol. The summed E-state index contributed by atoms with van der Waals surface area (Å²) < 4.78 is 0. The van der Waals surface area contributed by atoms with Crippen molar-refractivity contribution in [3.05, 3.63) is 71.4 Å². The van der Waals surface area contributed by atoms with E-state index in [1.54, 1.807) is 0 Å². The van der Waals surface area contributed by atoms with E-state index in [0.717, 1.165) is 22.6 Å². The molecule has 4 nitrogen and oxygen atoms in total. The Hall–Kier alpha value is -2.88. The highest BCUT2D eigenvalue weighted by molar-refractivity contribution is 6.01. The molecule has 4 rings (SSSR count). The number of rotatable bonds is 2. The maximum Gasteiger partial charge on any atom is 0.227 e. The molecule has 2 aliphatic rings. The number of amides is 1. The van der Waals surface area contributed by atoms with E-state index in [9.17, 15) is 9.59 Å². The van der Waals surface area contributed by atoms with E-state index in [1.165, 1.54) is 5.56 Å². The molecular weight excluding hydrogens is 396 g/mol. The lowest BCUT2D eigenvalue weighted by Crippen LogP contribution is -2.43. The number of anilines is 2. The Kier molecular flexibility index (Phi) is 5.52. The zero-order chi connectivity index (χ0) is 23.3. The number of allylic oxidation sites excluding steroid dienone is 1. The molecule has 1 N–H and O–H groups in total. The number of nitrogens with one attached hydrogen (secondary N) is 1. The van der Waals surface area contributed by atoms with Crippen LogP contribution in [0.2, 0.25) is 0 Å². The Morgan fingerprint density at radius 3 is 2.38 bits per heavy atom. The maximum absolute atomic E-state index is 13.6. The first-order valence-electron chi connectivity index (χ1n) is 11.6. The minimum atomic E-state index is -0.425. The zero-order valence-electron chi connectivity index (χ0n) is 20.0. The maximum atomic E-state index is 13.6. The summed E-state index contributed by atoms with van der Waals surface area (Å²) in [5, 5.41) is 3.54. The average molecular weight is 431 g/mol. The lowest BCUT2D eigenvalue weighted by Gasteiger charge is -2.39. The van der Waals surface area contributed by atoms with Crippen molar-refractivity contribution in [3.8, 4) is 0 Å². The van der Waals surface area contributed by atoms with Gasteiger partial charge in [0.1, 0.15) is 5.78 Å². The van der Waals surface area contributed by atoms with Crippen LogP contribution in [-0.4, -0.2) is 11.7 Å². The minimum absolute atomic E-state index is 0.0167. The first-order valence-corrected chi connectivity index (χ1v) is 11.6. The predicted octanol–water partition coefficient (Wildman–Crippen LogP) is 6.39. The summed E-state index contributed by atoms with van der Waals surface area (Å²) in [6.45, 7) is 12.6. The Labute approximate surface area is 191 Å². The van der Waals surface area contributed by atoms with Crippen LogP contribution in [0.3, 0.4) is 0 Å². The fraction of sp³-hybridized carbons (Fsp3) is 0.429. The first kappa shape index (κ1) is 22.3. The molecule has 1 heterocycles. The quantitative estimate of drug-likeness (QED) is 0.600. The van der Waals surface area contributed by atoms with Crippen LogP contribution in [0.4, 0.5) is 11.4 Å². The van der Waals surface area contributed by atoms with Gasteiger partial charge >= 0.3 is 0 Å². The number of carbonyl (C=O) groups excluding carboxylic acids is 2. The lowest BCUT2D eigenvalue weighted by atomic mass is 9.72. The summed E-state index contributed by atoms with van der Waals surface area (Å²) in [5.74, 6) is -0.235. The molecule has 4 heteroatoms. The number of Topliss-reactive ketones (excluding diaryl/α,β-unsaturated/α-hetero) is 1. The molecule has 32 heavy (non-hydrogen) atoms. The van der Waals surface area contributed by atoms with Crippen LogP contribution in [-0.2, 0) is 15.0 Å². The lowest BCUT2D eigenvalue weighted by molar-refractivity contribution is -0.125. The topological polar surface area (TPSA) is 49.4 Å².